The maximum atomic E-state index is 12.3. The van der Waals surface area contributed by atoms with Crippen LogP contribution < -0.4 is 5.32 Å². The summed E-state index contributed by atoms with van der Waals surface area (Å²) in [5, 5.41) is 3.92. The smallest absolute Gasteiger partial charge is 0.325 e. The first kappa shape index (κ1) is 20.3. The molecule has 1 N–H and O–H groups in total. The van der Waals surface area contributed by atoms with E-state index in [2.05, 4.69) is 48.6 Å². The third-order valence-electron chi connectivity index (χ3n) is 5.16. The molecule has 150 valence electrons. The first-order valence-corrected chi connectivity index (χ1v) is 10.1. The lowest BCUT2D eigenvalue weighted by atomic mass is 9.97. The van der Waals surface area contributed by atoms with E-state index < -0.39 is 0 Å². The fraction of sp³-hybridized carbons (Fsp3) is 0.476. The van der Waals surface area contributed by atoms with Gasteiger partial charge in [0, 0.05) is 23.6 Å². The first-order chi connectivity index (χ1) is 13.3. The molecular weight excluding hydrogens is 372 g/mol. The number of aryl methyl sites for hydroxylation is 1. The second-order valence-corrected chi connectivity index (χ2v) is 7.74. The number of nitrogens with zero attached hydrogens (tertiary/aromatic N) is 3. The molecule has 1 fully saturated rings. The number of carbonyl (C=O) groups is 1. The molecule has 6 nitrogen and oxygen atoms in total. The van der Waals surface area contributed by atoms with Crippen molar-refractivity contribution in [2.45, 2.75) is 52.7 Å². The molecule has 0 aliphatic carbocycles. The summed E-state index contributed by atoms with van der Waals surface area (Å²) in [7, 11) is 0. The van der Waals surface area contributed by atoms with Crippen LogP contribution in [-0.4, -0.2) is 38.7 Å². The van der Waals surface area contributed by atoms with E-state index in [-0.39, 0.29) is 24.6 Å². The van der Waals surface area contributed by atoms with E-state index >= 15 is 0 Å². The molecule has 0 saturated carbocycles. The van der Waals surface area contributed by atoms with Gasteiger partial charge in [-0.25, -0.2) is 0 Å². The van der Waals surface area contributed by atoms with Gasteiger partial charge in [-0.1, -0.05) is 6.07 Å². The predicted molar refractivity (Wildman–Crippen MR) is 113 cm³/mol. The zero-order chi connectivity index (χ0) is 20.4. The summed E-state index contributed by atoms with van der Waals surface area (Å²) in [5.41, 5.74) is 4.42. The van der Waals surface area contributed by atoms with Gasteiger partial charge in [0.2, 0.25) is 0 Å². The number of nitrogens with one attached hydrogen (secondary N) is 1. The van der Waals surface area contributed by atoms with E-state index in [0.29, 0.717) is 17.8 Å². The highest BCUT2D eigenvalue weighted by molar-refractivity contribution is 7.80. The highest BCUT2D eigenvalue weighted by atomic mass is 32.1. The highest BCUT2D eigenvalue weighted by Crippen LogP contribution is 2.41. The van der Waals surface area contributed by atoms with Crippen LogP contribution >= 0.6 is 12.2 Å². The van der Waals surface area contributed by atoms with Crippen molar-refractivity contribution in [3.63, 3.8) is 0 Å². The molecule has 0 bridgehead atoms. The van der Waals surface area contributed by atoms with Crippen LogP contribution in [0.4, 0.5) is 0 Å². The van der Waals surface area contributed by atoms with Crippen molar-refractivity contribution in [2.75, 3.05) is 13.2 Å². The van der Waals surface area contributed by atoms with Crippen molar-refractivity contribution >= 4 is 23.3 Å². The number of hydrogen-bond donors (Lipinski definition) is 1. The highest BCUT2D eigenvalue weighted by Gasteiger charge is 2.42. The zero-order valence-electron chi connectivity index (χ0n) is 17.1. The summed E-state index contributed by atoms with van der Waals surface area (Å²) in [4.78, 5) is 18.7. The number of hydrogen-bond acceptors (Lipinski definition) is 4. The number of aromatic nitrogens is 2. The quantitative estimate of drug-likeness (QED) is 0.590. The Morgan fingerprint density at radius 1 is 1.36 bits per heavy atom. The lowest BCUT2D eigenvalue weighted by molar-refractivity contribution is -0.143. The summed E-state index contributed by atoms with van der Waals surface area (Å²) >= 11 is 5.60. The van der Waals surface area contributed by atoms with Crippen molar-refractivity contribution in [3.8, 4) is 0 Å². The largest absolute Gasteiger partial charge is 0.465 e. The van der Waals surface area contributed by atoms with E-state index in [1.807, 2.05) is 30.0 Å². The third-order valence-corrected chi connectivity index (χ3v) is 5.51. The fourth-order valence-corrected chi connectivity index (χ4v) is 4.46. The van der Waals surface area contributed by atoms with Crippen LogP contribution in [0.3, 0.4) is 0 Å². The average molecular weight is 401 g/mol. The van der Waals surface area contributed by atoms with Gasteiger partial charge in [0.25, 0.3) is 0 Å². The van der Waals surface area contributed by atoms with Crippen molar-refractivity contribution in [2.24, 2.45) is 0 Å². The normalized spacial score (nSPS) is 19.2. The Morgan fingerprint density at radius 3 is 2.68 bits per heavy atom. The number of pyridine rings is 1. The van der Waals surface area contributed by atoms with Crippen LogP contribution in [0.15, 0.2) is 30.5 Å². The van der Waals surface area contributed by atoms with Gasteiger partial charge in [0.05, 0.1) is 24.4 Å². The van der Waals surface area contributed by atoms with E-state index in [1.165, 1.54) is 11.4 Å². The minimum atomic E-state index is -0.281. The SMILES string of the molecule is CCOC(=O)CN1C(=S)N[C@@H](c2ccccn2)[C@@H]1c1cc(C)n(C(C)C)c1C. The van der Waals surface area contributed by atoms with Gasteiger partial charge >= 0.3 is 5.97 Å². The lowest BCUT2D eigenvalue weighted by Crippen LogP contribution is -2.35. The number of carbonyl (C=O) groups excluding carboxylic acids is 1. The molecule has 0 radical (unpaired) electrons. The Hall–Kier alpha value is -2.41. The van der Waals surface area contributed by atoms with Crippen LogP contribution in [0.5, 0.6) is 0 Å². The Labute approximate surface area is 171 Å². The van der Waals surface area contributed by atoms with Gasteiger partial charge in [-0.15, -0.1) is 0 Å². The lowest BCUT2D eigenvalue weighted by Gasteiger charge is -2.27. The molecule has 0 aromatic carbocycles. The Bertz CT molecular complexity index is 863. The monoisotopic (exact) mass is 400 g/mol. The second kappa shape index (κ2) is 8.31. The summed E-state index contributed by atoms with van der Waals surface area (Å²) in [6, 6.07) is 8.13. The van der Waals surface area contributed by atoms with Crippen molar-refractivity contribution in [3.05, 3.63) is 53.1 Å². The summed E-state index contributed by atoms with van der Waals surface area (Å²) in [5.74, 6) is -0.281. The van der Waals surface area contributed by atoms with Gasteiger partial charge in [0.1, 0.15) is 6.54 Å². The maximum Gasteiger partial charge on any atom is 0.325 e. The minimum Gasteiger partial charge on any atom is -0.465 e. The Kier molecular flexibility index (Phi) is 6.03. The molecule has 7 heteroatoms. The molecular formula is C21H28N4O2S. The summed E-state index contributed by atoms with van der Waals surface area (Å²) < 4.78 is 7.50. The summed E-state index contributed by atoms with van der Waals surface area (Å²) in [6.07, 6.45) is 1.78. The molecule has 2 atom stereocenters. The second-order valence-electron chi connectivity index (χ2n) is 7.35. The third kappa shape index (κ3) is 3.76. The maximum absolute atomic E-state index is 12.3. The Morgan fingerprint density at radius 2 is 2.11 bits per heavy atom. The van der Waals surface area contributed by atoms with Crippen LogP contribution in [0.1, 0.15) is 61.5 Å². The molecule has 1 aliphatic heterocycles. The zero-order valence-corrected chi connectivity index (χ0v) is 17.9. The fourth-order valence-electron chi connectivity index (χ4n) is 4.16. The number of thiocarbonyl (C=S) groups is 1. The minimum absolute atomic E-state index is 0.110. The molecule has 0 unspecified atom stereocenters. The van der Waals surface area contributed by atoms with E-state index in [9.17, 15) is 4.79 Å². The van der Waals surface area contributed by atoms with Gasteiger partial charge in [-0.05, 0) is 70.6 Å². The van der Waals surface area contributed by atoms with Gasteiger partial charge in [-0.2, -0.15) is 0 Å². The molecule has 3 rings (SSSR count). The molecule has 0 amide bonds. The number of rotatable bonds is 6. The predicted octanol–water partition coefficient (Wildman–Crippen LogP) is 3.62. The number of esters is 1. The molecule has 28 heavy (non-hydrogen) atoms. The summed E-state index contributed by atoms with van der Waals surface area (Å²) in [6.45, 7) is 10.9. The van der Waals surface area contributed by atoms with Crippen LogP contribution in [0.25, 0.3) is 0 Å². The van der Waals surface area contributed by atoms with Gasteiger partial charge < -0.3 is 19.5 Å². The molecule has 0 spiro atoms. The van der Waals surface area contributed by atoms with E-state index in [0.717, 1.165) is 11.3 Å². The van der Waals surface area contributed by atoms with E-state index in [4.69, 9.17) is 17.0 Å². The molecule has 2 aromatic heterocycles. The van der Waals surface area contributed by atoms with E-state index in [1.54, 1.807) is 6.20 Å². The molecule has 1 aliphatic rings. The van der Waals surface area contributed by atoms with Crippen molar-refractivity contribution < 1.29 is 9.53 Å². The average Bonchev–Trinajstić information content (AvgIpc) is 3.12. The standard InChI is InChI=1S/C21H28N4O2S/c1-6-27-18(26)12-24-20(16-11-14(4)25(13(2)3)15(16)5)19(23-21(24)28)17-9-7-8-10-22-17/h7-11,13,19-20H,6,12H2,1-5H3,(H,23,28)/t19-,20-/m0/s1. The van der Waals surface area contributed by atoms with Crippen molar-refractivity contribution in [1.29, 1.82) is 0 Å². The molecule has 2 aromatic rings. The first-order valence-electron chi connectivity index (χ1n) is 9.67. The Balaban J connectivity index is 2.07. The topological polar surface area (TPSA) is 59.4 Å². The van der Waals surface area contributed by atoms with Gasteiger partial charge in [0.15, 0.2) is 5.11 Å². The van der Waals surface area contributed by atoms with Crippen molar-refractivity contribution in [1.82, 2.24) is 19.8 Å². The van der Waals surface area contributed by atoms with Crippen LogP contribution in [-0.2, 0) is 9.53 Å². The van der Waals surface area contributed by atoms with Gasteiger partial charge in [-0.3, -0.25) is 9.78 Å². The van der Waals surface area contributed by atoms with Crippen LogP contribution in [0.2, 0.25) is 0 Å². The molecule has 1 saturated heterocycles. The van der Waals surface area contributed by atoms with Crippen LogP contribution in [0, 0.1) is 13.8 Å². The number of ether oxygens (including phenoxy) is 1. The molecule has 3 heterocycles.